The first-order valence-electron chi connectivity index (χ1n) is 8.69. The van der Waals surface area contributed by atoms with Gasteiger partial charge in [0.15, 0.2) is 12.2 Å². The van der Waals surface area contributed by atoms with Crippen molar-refractivity contribution in [1.29, 1.82) is 0 Å². The summed E-state index contributed by atoms with van der Waals surface area (Å²) in [5.41, 5.74) is 0.601. The van der Waals surface area contributed by atoms with Gasteiger partial charge in [-0.05, 0) is 32.6 Å². The molecule has 1 saturated heterocycles. The predicted molar refractivity (Wildman–Crippen MR) is 86.0 cm³/mol. The maximum atomic E-state index is 12.7. The van der Waals surface area contributed by atoms with Crippen molar-refractivity contribution in [3.8, 4) is 0 Å². The lowest BCUT2D eigenvalue weighted by molar-refractivity contribution is 0.0710. The maximum absolute atomic E-state index is 12.7. The van der Waals surface area contributed by atoms with Crippen LogP contribution in [-0.2, 0) is 4.74 Å². The number of aryl methyl sites for hydroxylation is 2. The average Bonchev–Trinajstić information content (AvgIpc) is 2.96. The Bertz CT molecular complexity index is 751. The van der Waals surface area contributed by atoms with Crippen LogP contribution in [0, 0.1) is 25.7 Å². The first kappa shape index (κ1) is 16.3. The third-order valence-electron chi connectivity index (χ3n) is 4.91. The van der Waals surface area contributed by atoms with E-state index in [2.05, 4.69) is 15.1 Å². The molecule has 0 radical (unpaired) electrons. The number of carbonyl (C=O) groups is 1. The van der Waals surface area contributed by atoms with E-state index in [-0.39, 0.29) is 17.7 Å². The normalized spacial score (nSPS) is 23.4. The van der Waals surface area contributed by atoms with Gasteiger partial charge in [0, 0.05) is 25.6 Å². The minimum Gasteiger partial charge on any atom is -0.438 e. The number of hydrogen-bond donors (Lipinski definition) is 0. The largest absolute Gasteiger partial charge is 0.438 e. The van der Waals surface area contributed by atoms with Gasteiger partial charge in [0.2, 0.25) is 11.7 Å². The average molecular weight is 346 g/mol. The Balaban J connectivity index is 1.48. The van der Waals surface area contributed by atoms with Gasteiger partial charge in [-0.3, -0.25) is 4.79 Å². The zero-order chi connectivity index (χ0) is 17.4. The van der Waals surface area contributed by atoms with Crippen LogP contribution in [0.4, 0.5) is 0 Å². The first-order chi connectivity index (χ1) is 12.1. The lowest BCUT2D eigenvalue weighted by Crippen LogP contribution is -2.29. The molecule has 2 fully saturated rings. The van der Waals surface area contributed by atoms with E-state index in [0.717, 1.165) is 6.61 Å². The lowest BCUT2D eigenvalue weighted by atomic mass is 9.97. The number of aromatic nitrogens is 3. The summed E-state index contributed by atoms with van der Waals surface area (Å²) in [5, 5.41) is 3.89. The van der Waals surface area contributed by atoms with Crippen LogP contribution < -0.4 is 0 Å². The van der Waals surface area contributed by atoms with Crippen molar-refractivity contribution in [2.75, 3.05) is 26.3 Å². The molecule has 1 amide bonds. The Morgan fingerprint density at radius 2 is 2.16 bits per heavy atom. The molecule has 3 heterocycles. The highest BCUT2D eigenvalue weighted by molar-refractivity contribution is 5.92. The van der Waals surface area contributed by atoms with Gasteiger partial charge < -0.3 is 18.6 Å². The lowest BCUT2D eigenvalue weighted by Gasteiger charge is -2.15. The fourth-order valence-electron chi connectivity index (χ4n) is 3.27. The topological polar surface area (TPSA) is 94.5 Å². The monoisotopic (exact) mass is 346 g/mol. The Labute approximate surface area is 145 Å². The third-order valence-corrected chi connectivity index (χ3v) is 4.91. The molecular formula is C17H22N4O4. The van der Waals surface area contributed by atoms with Crippen molar-refractivity contribution >= 4 is 5.91 Å². The Morgan fingerprint density at radius 1 is 1.32 bits per heavy atom. The van der Waals surface area contributed by atoms with Crippen molar-refractivity contribution in [3.63, 3.8) is 0 Å². The molecule has 0 aromatic carbocycles. The Kier molecular flexibility index (Phi) is 4.29. The maximum Gasteiger partial charge on any atom is 0.291 e. The zero-order valence-electron chi connectivity index (χ0n) is 14.5. The molecule has 1 saturated carbocycles. The van der Waals surface area contributed by atoms with E-state index in [9.17, 15) is 4.79 Å². The highest BCUT2D eigenvalue weighted by Gasteiger charge is 2.41. The summed E-state index contributed by atoms with van der Waals surface area (Å²) in [6.45, 7) is 6.03. The molecule has 134 valence electrons. The summed E-state index contributed by atoms with van der Waals surface area (Å²) < 4.78 is 16.5. The van der Waals surface area contributed by atoms with E-state index in [0.29, 0.717) is 48.8 Å². The number of likely N-dealkylation sites (tertiary alicyclic amines) is 1. The van der Waals surface area contributed by atoms with Gasteiger partial charge in [-0.2, -0.15) is 4.98 Å². The number of carbonyl (C=O) groups excluding carboxylic acids is 1. The van der Waals surface area contributed by atoms with Gasteiger partial charge in [0.05, 0.1) is 18.2 Å². The standard InChI is InChI=1S/C17H22N4O4/c1-10-15(24-9-18-10)17(22)21-5-13(8-23-7-12-3-4-12)14(6-21)16-19-11(2)20-25-16/h9,12-14H,3-8H2,1-2H3/t13-,14+/m0/s1. The summed E-state index contributed by atoms with van der Waals surface area (Å²) in [6.07, 6.45) is 3.81. The molecule has 2 aromatic rings. The molecule has 2 atom stereocenters. The molecule has 2 aliphatic rings. The number of hydrogen-bond acceptors (Lipinski definition) is 7. The predicted octanol–water partition coefficient (Wildman–Crippen LogP) is 1.96. The minimum atomic E-state index is -0.152. The van der Waals surface area contributed by atoms with Gasteiger partial charge in [-0.15, -0.1) is 0 Å². The van der Waals surface area contributed by atoms with Crippen LogP contribution in [0.25, 0.3) is 0 Å². The van der Waals surface area contributed by atoms with Gasteiger partial charge in [0.1, 0.15) is 0 Å². The molecule has 0 unspecified atom stereocenters. The van der Waals surface area contributed by atoms with E-state index in [1.54, 1.807) is 18.7 Å². The van der Waals surface area contributed by atoms with Gasteiger partial charge in [-0.1, -0.05) is 5.16 Å². The molecule has 8 heteroatoms. The second-order valence-corrected chi connectivity index (χ2v) is 7.00. The Morgan fingerprint density at radius 3 is 2.80 bits per heavy atom. The number of amides is 1. The van der Waals surface area contributed by atoms with Crippen LogP contribution in [0.2, 0.25) is 0 Å². The molecule has 1 aliphatic carbocycles. The van der Waals surface area contributed by atoms with E-state index in [4.69, 9.17) is 13.7 Å². The number of rotatable bonds is 6. The highest BCUT2D eigenvalue weighted by Crippen LogP contribution is 2.34. The van der Waals surface area contributed by atoms with Gasteiger partial charge in [-0.25, -0.2) is 4.98 Å². The molecule has 2 aromatic heterocycles. The van der Waals surface area contributed by atoms with Crippen LogP contribution >= 0.6 is 0 Å². The molecule has 4 rings (SSSR count). The fourth-order valence-corrected chi connectivity index (χ4v) is 3.27. The quantitative estimate of drug-likeness (QED) is 0.789. The van der Waals surface area contributed by atoms with Crippen LogP contribution in [0.1, 0.15) is 46.7 Å². The van der Waals surface area contributed by atoms with Gasteiger partial charge in [0.25, 0.3) is 5.91 Å². The third kappa shape index (κ3) is 3.44. The number of ether oxygens (including phenoxy) is 1. The smallest absolute Gasteiger partial charge is 0.291 e. The van der Waals surface area contributed by atoms with Crippen molar-refractivity contribution in [1.82, 2.24) is 20.0 Å². The summed E-state index contributed by atoms with van der Waals surface area (Å²) in [5.74, 6) is 2.13. The fraction of sp³-hybridized carbons (Fsp3) is 0.647. The molecule has 1 aliphatic heterocycles. The highest BCUT2D eigenvalue weighted by atomic mass is 16.5. The van der Waals surface area contributed by atoms with E-state index >= 15 is 0 Å². The van der Waals surface area contributed by atoms with E-state index in [1.807, 2.05) is 0 Å². The second kappa shape index (κ2) is 6.59. The van der Waals surface area contributed by atoms with Crippen molar-refractivity contribution < 1.29 is 18.5 Å². The molecule has 0 spiro atoms. The van der Waals surface area contributed by atoms with Crippen LogP contribution in [0.15, 0.2) is 15.3 Å². The molecule has 0 bridgehead atoms. The van der Waals surface area contributed by atoms with Crippen molar-refractivity contribution in [2.24, 2.45) is 11.8 Å². The van der Waals surface area contributed by atoms with Gasteiger partial charge >= 0.3 is 0 Å². The minimum absolute atomic E-state index is 0.0208. The summed E-state index contributed by atoms with van der Waals surface area (Å²) in [7, 11) is 0. The molecule has 0 N–H and O–H groups in total. The second-order valence-electron chi connectivity index (χ2n) is 7.00. The molecule has 25 heavy (non-hydrogen) atoms. The Hall–Kier alpha value is -2.22. The zero-order valence-corrected chi connectivity index (χ0v) is 14.5. The van der Waals surface area contributed by atoms with Crippen LogP contribution in [0.5, 0.6) is 0 Å². The van der Waals surface area contributed by atoms with Crippen LogP contribution in [-0.4, -0.2) is 52.2 Å². The van der Waals surface area contributed by atoms with Crippen LogP contribution in [0.3, 0.4) is 0 Å². The van der Waals surface area contributed by atoms with Crippen molar-refractivity contribution in [3.05, 3.63) is 29.6 Å². The SMILES string of the molecule is Cc1noc([C@@H]2CN(C(=O)c3ocnc3C)C[C@H]2COCC2CC2)n1. The summed E-state index contributed by atoms with van der Waals surface area (Å²) >= 11 is 0. The molecular weight excluding hydrogens is 324 g/mol. The summed E-state index contributed by atoms with van der Waals surface area (Å²) in [6, 6.07) is 0. The number of nitrogens with zero attached hydrogens (tertiary/aromatic N) is 4. The number of oxazole rings is 1. The van der Waals surface area contributed by atoms with E-state index < -0.39 is 0 Å². The van der Waals surface area contributed by atoms with Crippen molar-refractivity contribution in [2.45, 2.75) is 32.6 Å². The summed E-state index contributed by atoms with van der Waals surface area (Å²) in [4.78, 5) is 22.9. The van der Waals surface area contributed by atoms with E-state index in [1.165, 1.54) is 19.2 Å². The first-order valence-corrected chi connectivity index (χ1v) is 8.69. The molecule has 8 nitrogen and oxygen atoms in total.